The molecule has 2 N–H and O–H groups in total. The van der Waals surface area contributed by atoms with Crippen LogP contribution >= 0.6 is 0 Å². The molecule has 0 aromatic heterocycles. The Bertz CT molecular complexity index is 196. The lowest BCUT2D eigenvalue weighted by Gasteiger charge is -2.32. The molecule has 3 nitrogen and oxygen atoms in total. The molecule has 1 rings (SSSR count). The van der Waals surface area contributed by atoms with E-state index in [1.807, 2.05) is 0 Å². The average molecular weight is 244 g/mol. The van der Waals surface area contributed by atoms with Gasteiger partial charge in [-0.15, -0.1) is 0 Å². The van der Waals surface area contributed by atoms with E-state index in [2.05, 4.69) is 13.8 Å². The third-order valence-electron chi connectivity index (χ3n) is 3.73. The van der Waals surface area contributed by atoms with Crippen molar-refractivity contribution < 1.29 is 14.9 Å². The lowest BCUT2D eigenvalue weighted by molar-refractivity contribution is -0.0133. The number of unbranched alkanes of at least 4 members (excludes halogenated alkanes) is 1. The topological polar surface area (TPSA) is 49.7 Å². The maximum Gasteiger partial charge on any atom is 0.0777 e. The second-order valence-electron chi connectivity index (χ2n) is 5.56. The summed E-state index contributed by atoms with van der Waals surface area (Å²) in [6.07, 6.45) is 5.24. The zero-order valence-corrected chi connectivity index (χ0v) is 11.3. The Morgan fingerprint density at radius 1 is 1.35 bits per heavy atom. The molecule has 0 aliphatic heterocycles. The second-order valence-corrected chi connectivity index (χ2v) is 5.56. The minimum Gasteiger partial charge on any atom is -0.393 e. The van der Waals surface area contributed by atoms with Gasteiger partial charge in [-0.25, -0.2) is 0 Å². The van der Waals surface area contributed by atoms with Crippen molar-refractivity contribution >= 4 is 0 Å². The van der Waals surface area contributed by atoms with Gasteiger partial charge < -0.3 is 14.9 Å². The molecule has 1 fully saturated rings. The highest BCUT2D eigenvalue weighted by Gasteiger charge is 2.28. The van der Waals surface area contributed by atoms with Gasteiger partial charge >= 0.3 is 0 Å². The highest BCUT2D eigenvalue weighted by atomic mass is 16.5. The summed E-state index contributed by atoms with van der Waals surface area (Å²) in [5.41, 5.74) is 0. The van der Waals surface area contributed by atoms with Gasteiger partial charge in [0, 0.05) is 6.61 Å². The Morgan fingerprint density at radius 2 is 2.12 bits per heavy atom. The normalized spacial score (nSPS) is 31.4. The molecule has 3 heteroatoms. The molecule has 0 amide bonds. The lowest BCUT2D eigenvalue weighted by atomic mass is 9.78. The van der Waals surface area contributed by atoms with Crippen LogP contribution in [-0.2, 0) is 4.74 Å². The molecule has 0 bridgehead atoms. The van der Waals surface area contributed by atoms with Crippen LogP contribution in [0.25, 0.3) is 0 Å². The van der Waals surface area contributed by atoms with E-state index in [1.54, 1.807) is 0 Å². The maximum absolute atomic E-state index is 9.89. The van der Waals surface area contributed by atoms with E-state index < -0.39 is 6.10 Å². The summed E-state index contributed by atoms with van der Waals surface area (Å²) in [6.45, 7) is 5.50. The van der Waals surface area contributed by atoms with Crippen LogP contribution in [0.1, 0.15) is 52.4 Å². The van der Waals surface area contributed by atoms with Crippen LogP contribution in [-0.4, -0.2) is 35.6 Å². The molecule has 4 unspecified atom stereocenters. The molecule has 4 atom stereocenters. The third-order valence-corrected chi connectivity index (χ3v) is 3.73. The fraction of sp³-hybridized carbons (Fsp3) is 1.00. The van der Waals surface area contributed by atoms with E-state index >= 15 is 0 Å². The summed E-state index contributed by atoms with van der Waals surface area (Å²) in [7, 11) is 0. The molecule has 102 valence electrons. The first-order valence-corrected chi connectivity index (χ1v) is 7.07. The van der Waals surface area contributed by atoms with Gasteiger partial charge in [0.15, 0.2) is 0 Å². The zero-order chi connectivity index (χ0) is 12.7. The number of hydrogen-bond acceptors (Lipinski definition) is 3. The number of aliphatic hydroxyl groups is 2. The van der Waals surface area contributed by atoms with Crippen LogP contribution in [0, 0.1) is 11.8 Å². The zero-order valence-electron chi connectivity index (χ0n) is 11.3. The molecule has 1 aliphatic rings. The number of ether oxygens (including phenoxy) is 1. The standard InChI is InChI=1S/C14H28O3/c1-3-4-7-17-10-13(15)9-12-8-11(2)5-6-14(12)16/h11-16H,3-10H2,1-2H3. The van der Waals surface area contributed by atoms with Gasteiger partial charge in [-0.2, -0.15) is 0 Å². The van der Waals surface area contributed by atoms with Crippen molar-refractivity contribution in [2.45, 2.75) is 64.6 Å². The van der Waals surface area contributed by atoms with Gasteiger partial charge in [0.05, 0.1) is 18.8 Å². The van der Waals surface area contributed by atoms with Crippen molar-refractivity contribution in [1.29, 1.82) is 0 Å². The van der Waals surface area contributed by atoms with Crippen LogP contribution in [0.2, 0.25) is 0 Å². The monoisotopic (exact) mass is 244 g/mol. The van der Waals surface area contributed by atoms with E-state index in [9.17, 15) is 10.2 Å². The molecular weight excluding hydrogens is 216 g/mol. The number of hydrogen-bond donors (Lipinski definition) is 2. The molecule has 0 aromatic rings. The molecule has 1 saturated carbocycles. The summed E-state index contributed by atoms with van der Waals surface area (Å²) in [6, 6.07) is 0. The van der Waals surface area contributed by atoms with Crippen molar-refractivity contribution in [3.8, 4) is 0 Å². The van der Waals surface area contributed by atoms with Crippen molar-refractivity contribution in [3.63, 3.8) is 0 Å². The molecule has 1 aliphatic carbocycles. The molecule has 0 heterocycles. The van der Waals surface area contributed by atoms with Crippen LogP contribution in [0.3, 0.4) is 0 Å². The highest BCUT2D eigenvalue weighted by molar-refractivity contribution is 4.79. The summed E-state index contributed by atoms with van der Waals surface area (Å²) in [5, 5.41) is 19.8. The molecule has 0 radical (unpaired) electrons. The van der Waals surface area contributed by atoms with Gasteiger partial charge in [0.2, 0.25) is 0 Å². The van der Waals surface area contributed by atoms with Crippen molar-refractivity contribution in [2.24, 2.45) is 11.8 Å². The first-order valence-electron chi connectivity index (χ1n) is 7.07. The minimum absolute atomic E-state index is 0.225. The predicted octanol–water partition coefficient (Wildman–Crippen LogP) is 2.35. The highest BCUT2D eigenvalue weighted by Crippen LogP contribution is 2.31. The lowest BCUT2D eigenvalue weighted by Crippen LogP contribution is -2.32. The quantitative estimate of drug-likeness (QED) is 0.676. The molecule has 0 saturated heterocycles. The third kappa shape index (κ3) is 5.84. The van der Waals surface area contributed by atoms with E-state index in [0.29, 0.717) is 18.9 Å². The van der Waals surface area contributed by atoms with Crippen LogP contribution in [0.4, 0.5) is 0 Å². The largest absolute Gasteiger partial charge is 0.393 e. The fourth-order valence-electron chi connectivity index (χ4n) is 2.62. The summed E-state index contributed by atoms with van der Waals surface area (Å²) in [4.78, 5) is 0. The van der Waals surface area contributed by atoms with Crippen molar-refractivity contribution in [2.75, 3.05) is 13.2 Å². The van der Waals surface area contributed by atoms with Crippen LogP contribution in [0.5, 0.6) is 0 Å². The summed E-state index contributed by atoms with van der Waals surface area (Å²) >= 11 is 0. The van der Waals surface area contributed by atoms with Gasteiger partial charge in [-0.1, -0.05) is 20.3 Å². The van der Waals surface area contributed by atoms with Gasteiger partial charge in [0.1, 0.15) is 0 Å². The van der Waals surface area contributed by atoms with Crippen LogP contribution in [0.15, 0.2) is 0 Å². The van der Waals surface area contributed by atoms with E-state index in [1.165, 1.54) is 0 Å². The van der Waals surface area contributed by atoms with Crippen LogP contribution < -0.4 is 0 Å². The SMILES string of the molecule is CCCCOCC(O)CC1CC(C)CCC1O. The van der Waals surface area contributed by atoms with E-state index in [0.717, 1.165) is 38.7 Å². The Kier molecular flexibility index (Phi) is 7.09. The second kappa shape index (κ2) is 8.06. The Morgan fingerprint density at radius 3 is 2.82 bits per heavy atom. The van der Waals surface area contributed by atoms with Gasteiger partial charge in [0.25, 0.3) is 0 Å². The predicted molar refractivity (Wildman–Crippen MR) is 68.9 cm³/mol. The van der Waals surface area contributed by atoms with E-state index in [-0.39, 0.29) is 12.0 Å². The Labute approximate surface area is 105 Å². The number of rotatable bonds is 7. The smallest absolute Gasteiger partial charge is 0.0777 e. The number of aliphatic hydroxyl groups excluding tert-OH is 2. The first kappa shape index (κ1) is 14.9. The maximum atomic E-state index is 9.89. The van der Waals surface area contributed by atoms with Gasteiger partial charge in [-0.3, -0.25) is 0 Å². The first-order chi connectivity index (χ1) is 8.13. The van der Waals surface area contributed by atoms with Crippen molar-refractivity contribution in [3.05, 3.63) is 0 Å². The van der Waals surface area contributed by atoms with Crippen molar-refractivity contribution in [1.82, 2.24) is 0 Å². The molecule has 0 aromatic carbocycles. The van der Waals surface area contributed by atoms with Gasteiger partial charge in [-0.05, 0) is 43.9 Å². The molecule has 0 spiro atoms. The van der Waals surface area contributed by atoms with E-state index in [4.69, 9.17) is 4.74 Å². The minimum atomic E-state index is -0.420. The fourth-order valence-corrected chi connectivity index (χ4v) is 2.62. The Hall–Kier alpha value is -0.120. The summed E-state index contributed by atoms with van der Waals surface area (Å²) < 4.78 is 5.41. The molecule has 17 heavy (non-hydrogen) atoms. The molecular formula is C14H28O3. The Balaban J connectivity index is 2.17. The summed E-state index contributed by atoms with van der Waals surface area (Å²) in [5.74, 6) is 0.931. The average Bonchev–Trinajstić information content (AvgIpc) is 2.29.